The number of rotatable bonds is 1. The van der Waals surface area contributed by atoms with E-state index in [0.717, 1.165) is 4.47 Å². The first-order chi connectivity index (χ1) is 5.54. The zero-order valence-corrected chi connectivity index (χ0v) is 9.27. The molecule has 12 heavy (non-hydrogen) atoms. The number of hydrogen-bond donors (Lipinski definition) is 1. The Morgan fingerprint density at radius 2 is 1.83 bits per heavy atom. The van der Waals surface area contributed by atoms with E-state index in [-0.39, 0.29) is 6.04 Å². The molecule has 0 aromatic heterocycles. The maximum absolute atomic E-state index is 5.82. The molecule has 0 radical (unpaired) electrons. The van der Waals surface area contributed by atoms with Gasteiger partial charge in [0.15, 0.2) is 0 Å². The first-order valence-corrected chi connectivity index (χ1v) is 4.84. The molecule has 2 N–H and O–H groups in total. The molecule has 2 heteroatoms. The largest absolute Gasteiger partial charge is 0.324 e. The molecule has 66 valence electrons. The Balaban J connectivity index is 3.27. The Hall–Kier alpha value is -0.340. The molecule has 0 amide bonds. The fourth-order valence-corrected chi connectivity index (χ4v) is 1.73. The Morgan fingerprint density at radius 3 is 2.33 bits per heavy atom. The lowest BCUT2D eigenvalue weighted by Crippen LogP contribution is -2.07. The van der Waals surface area contributed by atoms with Gasteiger partial charge in [-0.15, -0.1) is 0 Å². The van der Waals surface area contributed by atoms with E-state index in [2.05, 4.69) is 41.9 Å². The molecule has 0 aliphatic rings. The molecule has 0 fully saturated rings. The molecule has 0 aliphatic carbocycles. The minimum atomic E-state index is 0.122. The van der Waals surface area contributed by atoms with Crippen LogP contribution in [0.4, 0.5) is 0 Å². The second-order valence-corrected chi connectivity index (χ2v) is 4.03. The van der Waals surface area contributed by atoms with Gasteiger partial charge in [-0.3, -0.25) is 0 Å². The maximum Gasteiger partial charge on any atom is 0.0268 e. The molecule has 1 unspecified atom stereocenters. The summed E-state index contributed by atoms with van der Waals surface area (Å²) in [6.45, 7) is 6.22. The fraction of sp³-hybridized carbons (Fsp3) is 0.400. The average molecular weight is 228 g/mol. The van der Waals surface area contributed by atoms with Crippen molar-refractivity contribution in [1.29, 1.82) is 0 Å². The van der Waals surface area contributed by atoms with Crippen molar-refractivity contribution in [2.75, 3.05) is 0 Å². The van der Waals surface area contributed by atoms with E-state index in [1.54, 1.807) is 0 Å². The molecule has 0 heterocycles. The standard InChI is InChI=1S/C10H14BrN/c1-6-7(2)10(11)5-4-9(6)8(3)12/h4-5,8H,12H2,1-3H3. The summed E-state index contributed by atoms with van der Waals surface area (Å²) in [6, 6.07) is 4.26. The third-order valence-corrected chi connectivity index (χ3v) is 3.11. The van der Waals surface area contributed by atoms with Crippen molar-refractivity contribution < 1.29 is 0 Å². The van der Waals surface area contributed by atoms with Gasteiger partial charge in [0, 0.05) is 10.5 Å². The second kappa shape index (κ2) is 3.58. The molecular formula is C10H14BrN. The van der Waals surface area contributed by atoms with Gasteiger partial charge in [-0.25, -0.2) is 0 Å². The van der Waals surface area contributed by atoms with Crippen molar-refractivity contribution in [2.45, 2.75) is 26.8 Å². The third kappa shape index (κ3) is 1.70. The number of halogens is 1. The van der Waals surface area contributed by atoms with Crippen LogP contribution < -0.4 is 5.73 Å². The van der Waals surface area contributed by atoms with Crippen LogP contribution in [-0.2, 0) is 0 Å². The van der Waals surface area contributed by atoms with Crippen molar-refractivity contribution >= 4 is 15.9 Å². The van der Waals surface area contributed by atoms with Gasteiger partial charge in [0.05, 0.1) is 0 Å². The highest BCUT2D eigenvalue weighted by molar-refractivity contribution is 9.10. The molecule has 1 rings (SSSR count). The lowest BCUT2D eigenvalue weighted by molar-refractivity contribution is 0.807. The van der Waals surface area contributed by atoms with Crippen LogP contribution in [0.1, 0.15) is 29.7 Å². The van der Waals surface area contributed by atoms with E-state index in [1.807, 2.05) is 6.92 Å². The minimum Gasteiger partial charge on any atom is -0.324 e. The zero-order chi connectivity index (χ0) is 9.30. The van der Waals surface area contributed by atoms with Crippen LogP contribution in [0.2, 0.25) is 0 Å². The predicted octanol–water partition coefficient (Wildman–Crippen LogP) is 3.09. The van der Waals surface area contributed by atoms with E-state index >= 15 is 0 Å². The van der Waals surface area contributed by atoms with Gasteiger partial charge in [0.1, 0.15) is 0 Å². The number of hydrogen-bond acceptors (Lipinski definition) is 1. The van der Waals surface area contributed by atoms with E-state index in [9.17, 15) is 0 Å². The maximum atomic E-state index is 5.82. The van der Waals surface area contributed by atoms with Crippen molar-refractivity contribution in [2.24, 2.45) is 5.73 Å². The zero-order valence-electron chi connectivity index (χ0n) is 7.69. The summed E-state index contributed by atoms with van der Waals surface area (Å²) >= 11 is 3.49. The number of benzene rings is 1. The van der Waals surface area contributed by atoms with Gasteiger partial charge < -0.3 is 5.73 Å². The summed E-state index contributed by atoms with van der Waals surface area (Å²) in [4.78, 5) is 0. The molecule has 0 saturated carbocycles. The van der Waals surface area contributed by atoms with Crippen LogP contribution in [0.5, 0.6) is 0 Å². The van der Waals surface area contributed by atoms with Crippen molar-refractivity contribution in [3.05, 3.63) is 33.3 Å². The van der Waals surface area contributed by atoms with Gasteiger partial charge in [0.2, 0.25) is 0 Å². The monoisotopic (exact) mass is 227 g/mol. The van der Waals surface area contributed by atoms with E-state index in [4.69, 9.17) is 5.73 Å². The minimum absolute atomic E-state index is 0.122. The Bertz CT molecular complexity index is 292. The quantitative estimate of drug-likeness (QED) is 0.785. The van der Waals surface area contributed by atoms with Crippen LogP contribution >= 0.6 is 15.9 Å². The highest BCUT2D eigenvalue weighted by atomic mass is 79.9. The Kier molecular flexibility index (Phi) is 2.91. The van der Waals surface area contributed by atoms with Gasteiger partial charge in [-0.2, -0.15) is 0 Å². The highest BCUT2D eigenvalue weighted by Crippen LogP contribution is 2.25. The topological polar surface area (TPSA) is 26.0 Å². The second-order valence-electron chi connectivity index (χ2n) is 3.18. The van der Waals surface area contributed by atoms with E-state index in [1.165, 1.54) is 16.7 Å². The van der Waals surface area contributed by atoms with Crippen molar-refractivity contribution in [3.63, 3.8) is 0 Å². The van der Waals surface area contributed by atoms with Crippen molar-refractivity contribution in [3.8, 4) is 0 Å². The van der Waals surface area contributed by atoms with E-state index in [0.29, 0.717) is 0 Å². The molecular weight excluding hydrogens is 214 g/mol. The van der Waals surface area contributed by atoms with Crippen LogP contribution in [0.15, 0.2) is 16.6 Å². The summed E-state index contributed by atoms with van der Waals surface area (Å²) in [5.41, 5.74) is 9.62. The molecule has 1 nitrogen and oxygen atoms in total. The lowest BCUT2D eigenvalue weighted by Gasteiger charge is -2.12. The molecule has 0 aliphatic heterocycles. The lowest BCUT2D eigenvalue weighted by atomic mass is 9.99. The molecule has 0 saturated heterocycles. The van der Waals surface area contributed by atoms with Gasteiger partial charge in [0.25, 0.3) is 0 Å². The van der Waals surface area contributed by atoms with Crippen molar-refractivity contribution in [1.82, 2.24) is 0 Å². The van der Waals surface area contributed by atoms with Crippen LogP contribution in [-0.4, -0.2) is 0 Å². The van der Waals surface area contributed by atoms with Crippen LogP contribution in [0.3, 0.4) is 0 Å². The normalized spacial score (nSPS) is 13.1. The summed E-state index contributed by atoms with van der Waals surface area (Å²) in [5, 5.41) is 0. The molecule has 1 aromatic carbocycles. The average Bonchev–Trinajstić information content (AvgIpc) is 2.00. The molecule has 0 spiro atoms. The summed E-state index contributed by atoms with van der Waals surface area (Å²) in [7, 11) is 0. The summed E-state index contributed by atoms with van der Waals surface area (Å²) < 4.78 is 1.16. The molecule has 1 atom stereocenters. The van der Waals surface area contributed by atoms with Gasteiger partial charge >= 0.3 is 0 Å². The fourth-order valence-electron chi connectivity index (χ4n) is 1.30. The van der Waals surface area contributed by atoms with Gasteiger partial charge in [-0.05, 0) is 43.5 Å². The van der Waals surface area contributed by atoms with Crippen LogP contribution in [0.25, 0.3) is 0 Å². The van der Waals surface area contributed by atoms with E-state index < -0.39 is 0 Å². The van der Waals surface area contributed by atoms with Crippen LogP contribution in [0, 0.1) is 13.8 Å². The Labute approximate surface area is 82.1 Å². The smallest absolute Gasteiger partial charge is 0.0268 e. The predicted molar refractivity (Wildman–Crippen MR) is 56.2 cm³/mol. The molecule has 1 aromatic rings. The summed E-state index contributed by atoms with van der Waals surface area (Å²) in [6.07, 6.45) is 0. The first kappa shape index (κ1) is 9.75. The summed E-state index contributed by atoms with van der Waals surface area (Å²) in [5.74, 6) is 0. The third-order valence-electron chi connectivity index (χ3n) is 2.25. The highest BCUT2D eigenvalue weighted by Gasteiger charge is 2.06. The Morgan fingerprint density at radius 1 is 1.25 bits per heavy atom. The molecule has 0 bridgehead atoms. The SMILES string of the molecule is Cc1c(Br)ccc(C(C)N)c1C. The van der Waals surface area contributed by atoms with Gasteiger partial charge in [-0.1, -0.05) is 22.0 Å². The first-order valence-electron chi connectivity index (χ1n) is 4.05. The number of nitrogens with two attached hydrogens (primary N) is 1.